The summed E-state index contributed by atoms with van der Waals surface area (Å²) in [5.41, 5.74) is -0.454. The summed E-state index contributed by atoms with van der Waals surface area (Å²) in [4.78, 5) is 2.22. The molecule has 0 aliphatic carbocycles. The SMILES string of the molecule is CCOC1(C(O)c2ccc(C)s2)CCOCC1. The van der Waals surface area contributed by atoms with E-state index in [4.69, 9.17) is 9.47 Å². The first-order valence-corrected chi connectivity index (χ1v) is 6.96. The fourth-order valence-electron chi connectivity index (χ4n) is 2.36. The van der Waals surface area contributed by atoms with E-state index in [0.717, 1.165) is 17.7 Å². The lowest BCUT2D eigenvalue weighted by molar-refractivity contribution is -0.167. The normalized spacial score (nSPS) is 21.4. The Bertz CT molecular complexity index is 350. The van der Waals surface area contributed by atoms with Crippen molar-refractivity contribution < 1.29 is 14.6 Å². The van der Waals surface area contributed by atoms with Crippen LogP contribution >= 0.6 is 11.3 Å². The number of aryl methyl sites for hydroxylation is 1. The van der Waals surface area contributed by atoms with Crippen molar-refractivity contribution in [2.75, 3.05) is 19.8 Å². The second-order valence-electron chi connectivity index (χ2n) is 4.46. The standard InChI is InChI=1S/C13H20O3S/c1-3-16-13(6-8-15-9-7-13)12(14)11-5-4-10(2)17-11/h4-5,12,14H,3,6-9H2,1-2H3. The third-order valence-electron chi connectivity index (χ3n) is 3.30. The minimum Gasteiger partial charge on any atom is -0.385 e. The van der Waals surface area contributed by atoms with E-state index >= 15 is 0 Å². The maximum atomic E-state index is 10.6. The molecule has 1 atom stereocenters. The second-order valence-corrected chi connectivity index (χ2v) is 5.78. The monoisotopic (exact) mass is 256 g/mol. The highest BCUT2D eigenvalue weighted by atomic mass is 32.1. The van der Waals surface area contributed by atoms with Gasteiger partial charge in [-0.05, 0) is 26.0 Å². The van der Waals surface area contributed by atoms with Gasteiger partial charge >= 0.3 is 0 Å². The van der Waals surface area contributed by atoms with Gasteiger partial charge in [-0.1, -0.05) is 0 Å². The van der Waals surface area contributed by atoms with Crippen molar-refractivity contribution in [1.29, 1.82) is 0 Å². The molecule has 0 radical (unpaired) electrons. The van der Waals surface area contributed by atoms with Crippen LogP contribution in [0.1, 0.15) is 35.6 Å². The Labute approximate surface area is 106 Å². The third kappa shape index (κ3) is 2.71. The highest BCUT2D eigenvalue weighted by Gasteiger charge is 2.41. The molecule has 1 aromatic rings. The highest BCUT2D eigenvalue weighted by molar-refractivity contribution is 7.12. The van der Waals surface area contributed by atoms with E-state index < -0.39 is 11.7 Å². The minimum atomic E-state index is -0.537. The van der Waals surface area contributed by atoms with Crippen LogP contribution in [0.25, 0.3) is 0 Å². The zero-order valence-electron chi connectivity index (χ0n) is 10.4. The molecule has 1 saturated heterocycles. The molecule has 17 heavy (non-hydrogen) atoms. The summed E-state index contributed by atoms with van der Waals surface area (Å²) in [6.45, 7) is 5.99. The van der Waals surface area contributed by atoms with Crippen LogP contribution in [0.2, 0.25) is 0 Å². The van der Waals surface area contributed by atoms with Gasteiger partial charge in [0.25, 0.3) is 0 Å². The van der Waals surface area contributed by atoms with E-state index in [1.807, 2.05) is 19.1 Å². The number of rotatable bonds is 4. The van der Waals surface area contributed by atoms with E-state index in [1.54, 1.807) is 11.3 Å². The second kappa shape index (κ2) is 5.48. The molecule has 0 saturated carbocycles. The largest absolute Gasteiger partial charge is 0.385 e. The molecule has 1 unspecified atom stereocenters. The van der Waals surface area contributed by atoms with Crippen molar-refractivity contribution in [2.24, 2.45) is 0 Å². The molecule has 2 heterocycles. The van der Waals surface area contributed by atoms with Gasteiger partial charge in [-0.2, -0.15) is 0 Å². The summed E-state index contributed by atoms with van der Waals surface area (Å²) in [5.74, 6) is 0. The Kier molecular flexibility index (Phi) is 4.20. The molecule has 2 rings (SSSR count). The Morgan fingerprint density at radius 3 is 2.71 bits per heavy atom. The molecule has 0 bridgehead atoms. The number of hydrogen-bond donors (Lipinski definition) is 1. The van der Waals surface area contributed by atoms with Crippen LogP contribution in [0.5, 0.6) is 0 Å². The van der Waals surface area contributed by atoms with Crippen LogP contribution in [-0.4, -0.2) is 30.5 Å². The molecule has 0 aromatic carbocycles. The van der Waals surface area contributed by atoms with Crippen molar-refractivity contribution in [3.05, 3.63) is 21.9 Å². The lowest BCUT2D eigenvalue weighted by Crippen LogP contribution is -2.44. The van der Waals surface area contributed by atoms with Crippen LogP contribution < -0.4 is 0 Å². The molecule has 0 spiro atoms. The third-order valence-corrected chi connectivity index (χ3v) is 4.35. The van der Waals surface area contributed by atoms with E-state index in [9.17, 15) is 5.11 Å². The number of aliphatic hydroxyl groups excluding tert-OH is 1. The molecule has 96 valence electrons. The first kappa shape index (κ1) is 13.0. The van der Waals surface area contributed by atoms with Crippen molar-refractivity contribution in [3.63, 3.8) is 0 Å². The van der Waals surface area contributed by atoms with Gasteiger partial charge in [0.1, 0.15) is 11.7 Å². The van der Waals surface area contributed by atoms with Crippen molar-refractivity contribution >= 4 is 11.3 Å². The zero-order chi connectivity index (χ0) is 12.3. The molecule has 1 aliphatic rings. The van der Waals surface area contributed by atoms with Crippen LogP contribution in [0, 0.1) is 6.92 Å². The highest BCUT2D eigenvalue weighted by Crippen LogP contribution is 2.39. The van der Waals surface area contributed by atoms with Gasteiger partial charge in [-0.25, -0.2) is 0 Å². The smallest absolute Gasteiger partial charge is 0.117 e. The Morgan fingerprint density at radius 1 is 1.47 bits per heavy atom. The van der Waals surface area contributed by atoms with Crippen molar-refractivity contribution in [3.8, 4) is 0 Å². The number of hydrogen-bond acceptors (Lipinski definition) is 4. The molecular weight excluding hydrogens is 236 g/mol. The van der Waals surface area contributed by atoms with Gasteiger partial charge in [0.15, 0.2) is 0 Å². The molecule has 0 amide bonds. The fraction of sp³-hybridized carbons (Fsp3) is 0.692. The average Bonchev–Trinajstić information content (AvgIpc) is 2.76. The zero-order valence-corrected chi connectivity index (χ0v) is 11.3. The Hall–Kier alpha value is -0.420. The van der Waals surface area contributed by atoms with Gasteiger partial charge in [-0.3, -0.25) is 0 Å². The summed E-state index contributed by atoms with van der Waals surface area (Å²) in [7, 11) is 0. The quantitative estimate of drug-likeness (QED) is 0.900. The van der Waals surface area contributed by atoms with E-state index in [-0.39, 0.29) is 0 Å². The number of ether oxygens (including phenoxy) is 2. The molecule has 1 aromatic heterocycles. The molecule has 1 N–H and O–H groups in total. The van der Waals surface area contributed by atoms with Crippen LogP contribution in [-0.2, 0) is 9.47 Å². The molecule has 1 fully saturated rings. The molecule has 3 nitrogen and oxygen atoms in total. The van der Waals surface area contributed by atoms with Crippen LogP contribution in [0.4, 0.5) is 0 Å². The Morgan fingerprint density at radius 2 is 2.18 bits per heavy atom. The van der Waals surface area contributed by atoms with E-state index in [2.05, 4.69) is 6.92 Å². The lowest BCUT2D eigenvalue weighted by atomic mass is 9.87. The predicted octanol–water partition coefficient (Wildman–Crippen LogP) is 2.68. The van der Waals surface area contributed by atoms with Crippen LogP contribution in [0.3, 0.4) is 0 Å². The maximum absolute atomic E-state index is 10.6. The first-order valence-electron chi connectivity index (χ1n) is 6.14. The minimum absolute atomic E-state index is 0.454. The van der Waals surface area contributed by atoms with E-state index in [1.165, 1.54) is 4.88 Å². The summed E-state index contributed by atoms with van der Waals surface area (Å²) in [6.07, 6.45) is 0.989. The molecule has 4 heteroatoms. The van der Waals surface area contributed by atoms with Gasteiger partial charge in [0.05, 0.1) is 0 Å². The summed E-state index contributed by atoms with van der Waals surface area (Å²) in [6, 6.07) is 4.04. The number of aliphatic hydroxyl groups is 1. The first-order chi connectivity index (χ1) is 8.18. The lowest BCUT2D eigenvalue weighted by Gasteiger charge is -2.40. The molecule has 1 aliphatic heterocycles. The summed E-state index contributed by atoms with van der Waals surface area (Å²) in [5, 5.41) is 10.6. The van der Waals surface area contributed by atoms with E-state index in [0.29, 0.717) is 19.8 Å². The molecular formula is C13H20O3S. The average molecular weight is 256 g/mol. The summed E-state index contributed by atoms with van der Waals surface area (Å²) >= 11 is 1.64. The van der Waals surface area contributed by atoms with Gasteiger partial charge in [0.2, 0.25) is 0 Å². The Balaban J connectivity index is 2.20. The number of thiophene rings is 1. The van der Waals surface area contributed by atoms with Gasteiger partial charge in [-0.15, -0.1) is 11.3 Å². The van der Waals surface area contributed by atoms with Crippen molar-refractivity contribution in [1.82, 2.24) is 0 Å². The fourth-order valence-corrected chi connectivity index (χ4v) is 3.33. The van der Waals surface area contributed by atoms with Gasteiger partial charge < -0.3 is 14.6 Å². The van der Waals surface area contributed by atoms with Gasteiger partial charge in [0, 0.05) is 42.4 Å². The predicted molar refractivity (Wildman–Crippen MR) is 68.4 cm³/mol. The maximum Gasteiger partial charge on any atom is 0.117 e. The summed E-state index contributed by atoms with van der Waals surface area (Å²) < 4.78 is 11.2. The van der Waals surface area contributed by atoms with Crippen molar-refractivity contribution in [2.45, 2.75) is 38.4 Å². The van der Waals surface area contributed by atoms with Crippen LogP contribution in [0.15, 0.2) is 12.1 Å². The topological polar surface area (TPSA) is 38.7 Å².